The van der Waals surface area contributed by atoms with E-state index in [1.54, 1.807) is 4.57 Å². The number of nitrogens with zero attached hydrogens (tertiary/aromatic N) is 5. The Morgan fingerprint density at radius 2 is 2.00 bits per heavy atom. The molecule has 2 aliphatic heterocycles. The van der Waals surface area contributed by atoms with Crippen molar-refractivity contribution in [2.45, 2.75) is 46.3 Å². The Hall–Kier alpha value is -2.58. The Morgan fingerprint density at radius 3 is 2.77 bits per heavy atom. The molecule has 1 aromatic carbocycles. The van der Waals surface area contributed by atoms with E-state index >= 15 is 0 Å². The van der Waals surface area contributed by atoms with Gasteiger partial charge >= 0.3 is 11.1 Å². The summed E-state index contributed by atoms with van der Waals surface area (Å²) in [7, 11) is 0. The molecular weight excluding hydrogens is 398 g/mol. The van der Waals surface area contributed by atoms with Gasteiger partial charge in [-0.05, 0) is 32.4 Å². The van der Waals surface area contributed by atoms with Gasteiger partial charge in [0.1, 0.15) is 5.82 Å². The quantitative estimate of drug-likeness (QED) is 0.600. The Labute approximate surface area is 178 Å². The first-order chi connectivity index (χ1) is 14.4. The van der Waals surface area contributed by atoms with E-state index < -0.39 is 11.1 Å². The lowest BCUT2D eigenvalue weighted by Crippen LogP contribution is -2.43. The molecule has 2 aromatic heterocycles. The summed E-state index contributed by atoms with van der Waals surface area (Å²) < 4.78 is 2.91. The van der Waals surface area contributed by atoms with E-state index in [-0.39, 0.29) is 12.0 Å². The van der Waals surface area contributed by atoms with Gasteiger partial charge in [0.2, 0.25) is 0 Å². The molecule has 0 radical (unpaired) electrons. The molecule has 0 amide bonds. The molecule has 0 N–H and O–H groups in total. The van der Waals surface area contributed by atoms with Crippen molar-refractivity contribution >= 4 is 11.3 Å². The van der Waals surface area contributed by atoms with Gasteiger partial charge in [0.05, 0.1) is 17.2 Å². The average molecular weight is 424 g/mol. The molecule has 30 heavy (non-hydrogen) atoms. The molecule has 1 atom stereocenters. The predicted octanol–water partition coefficient (Wildman–Crippen LogP) is 1.98. The van der Waals surface area contributed by atoms with Crippen LogP contribution >= 0.6 is 11.3 Å². The van der Waals surface area contributed by atoms with Gasteiger partial charge in [-0.25, -0.2) is 9.67 Å². The molecule has 156 valence electrons. The third-order valence-electron chi connectivity index (χ3n) is 6.22. The lowest BCUT2D eigenvalue weighted by atomic mass is 9.86. The molecule has 1 spiro atoms. The number of aryl methyl sites for hydroxylation is 2. The van der Waals surface area contributed by atoms with Crippen molar-refractivity contribution in [3.05, 3.63) is 78.0 Å². The van der Waals surface area contributed by atoms with Crippen LogP contribution in [0.5, 0.6) is 0 Å². The zero-order valence-corrected chi connectivity index (χ0v) is 18.1. The van der Waals surface area contributed by atoms with Gasteiger partial charge in [0.25, 0.3) is 0 Å². The fraction of sp³-hybridized carbons (Fsp3) is 0.455. The van der Waals surface area contributed by atoms with Crippen molar-refractivity contribution in [2.75, 3.05) is 13.1 Å². The maximum Gasteiger partial charge on any atom is 0.332 e. The summed E-state index contributed by atoms with van der Waals surface area (Å²) in [5.41, 5.74) is 2.34. The van der Waals surface area contributed by atoms with Gasteiger partial charge in [-0.3, -0.25) is 19.1 Å². The summed E-state index contributed by atoms with van der Waals surface area (Å²) in [5, 5.41) is 7.42. The molecular formula is C22H25N5O2S. The lowest BCUT2D eigenvalue weighted by Gasteiger charge is -2.22. The SMILES string of the molecule is Cc1cccc(CN2CC[C@]3(Cc4nn(Cc5csc(C)n5)c(=O)c(=O)n4C3)C2)c1. The van der Waals surface area contributed by atoms with E-state index in [0.717, 1.165) is 49.0 Å². The highest BCUT2D eigenvalue weighted by Crippen LogP contribution is 2.39. The van der Waals surface area contributed by atoms with Crippen molar-refractivity contribution in [3.8, 4) is 0 Å². The smallest absolute Gasteiger partial charge is 0.298 e. The van der Waals surface area contributed by atoms with Crippen LogP contribution in [-0.2, 0) is 26.1 Å². The van der Waals surface area contributed by atoms with Crippen LogP contribution in [0.2, 0.25) is 0 Å². The predicted molar refractivity (Wildman–Crippen MR) is 116 cm³/mol. The molecule has 0 saturated carbocycles. The minimum Gasteiger partial charge on any atom is -0.298 e. The standard InChI is InChI=1S/C22H25N5O2S/c1-15-4-3-5-17(8-15)10-25-7-6-22(13-25)9-19-24-27(11-18-12-30-16(2)23-18)21(29)20(28)26(19)14-22/h3-5,8,12H,6-7,9-11,13-14H2,1-2H3/t22-/m0/s1. The number of benzene rings is 1. The maximum absolute atomic E-state index is 12.8. The Balaban J connectivity index is 1.36. The molecule has 7 nitrogen and oxygen atoms in total. The third kappa shape index (κ3) is 3.54. The molecule has 3 aromatic rings. The van der Waals surface area contributed by atoms with Crippen LogP contribution in [0.15, 0.2) is 39.2 Å². The first kappa shape index (κ1) is 19.4. The summed E-state index contributed by atoms with van der Waals surface area (Å²) in [6.45, 7) is 7.71. The van der Waals surface area contributed by atoms with Crippen molar-refractivity contribution in [1.82, 2.24) is 24.2 Å². The summed E-state index contributed by atoms with van der Waals surface area (Å²) in [5.74, 6) is 0.726. The first-order valence-electron chi connectivity index (χ1n) is 10.3. The van der Waals surface area contributed by atoms with E-state index in [1.807, 2.05) is 12.3 Å². The highest BCUT2D eigenvalue weighted by Gasteiger charge is 2.44. The molecule has 0 bridgehead atoms. The normalized spacial score (nSPS) is 20.9. The molecule has 5 rings (SSSR count). The summed E-state index contributed by atoms with van der Waals surface area (Å²) >= 11 is 1.53. The second-order valence-electron chi connectivity index (χ2n) is 8.75. The first-order valence-corrected chi connectivity index (χ1v) is 11.2. The van der Waals surface area contributed by atoms with Crippen molar-refractivity contribution in [3.63, 3.8) is 0 Å². The van der Waals surface area contributed by atoms with E-state index in [2.05, 4.69) is 46.2 Å². The van der Waals surface area contributed by atoms with Crippen LogP contribution in [0.4, 0.5) is 0 Å². The molecule has 1 fully saturated rings. The second kappa shape index (κ2) is 7.28. The van der Waals surface area contributed by atoms with Gasteiger partial charge in [0, 0.05) is 36.9 Å². The van der Waals surface area contributed by atoms with E-state index in [4.69, 9.17) is 0 Å². The number of rotatable bonds is 4. The van der Waals surface area contributed by atoms with Gasteiger partial charge < -0.3 is 0 Å². The zero-order valence-electron chi connectivity index (χ0n) is 17.3. The van der Waals surface area contributed by atoms with Crippen LogP contribution < -0.4 is 11.1 Å². The third-order valence-corrected chi connectivity index (χ3v) is 7.04. The van der Waals surface area contributed by atoms with Crippen LogP contribution in [0.3, 0.4) is 0 Å². The number of hydrogen-bond acceptors (Lipinski definition) is 6. The Morgan fingerprint density at radius 1 is 1.13 bits per heavy atom. The van der Waals surface area contributed by atoms with Crippen LogP contribution in [0.25, 0.3) is 0 Å². The summed E-state index contributed by atoms with van der Waals surface area (Å²) in [4.78, 5) is 32.3. The van der Waals surface area contributed by atoms with E-state index in [1.165, 1.54) is 27.1 Å². The van der Waals surface area contributed by atoms with Crippen molar-refractivity contribution < 1.29 is 0 Å². The number of aromatic nitrogens is 4. The number of hydrogen-bond donors (Lipinski definition) is 0. The Kier molecular flexibility index (Phi) is 4.71. The minimum absolute atomic E-state index is 0.00811. The molecule has 1 saturated heterocycles. The molecule has 2 aliphatic rings. The largest absolute Gasteiger partial charge is 0.332 e. The van der Waals surface area contributed by atoms with Crippen LogP contribution in [0, 0.1) is 19.3 Å². The average Bonchev–Trinajstić information content (AvgIpc) is 3.39. The topological polar surface area (TPSA) is 73.0 Å². The molecule has 0 aliphatic carbocycles. The highest BCUT2D eigenvalue weighted by molar-refractivity contribution is 7.09. The number of fused-ring (bicyclic) bond motifs is 1. The van der Waals surface area contributed by atoms with E-state index in [0.29, 0.717) is 6.54 Å². The fourth-order valence-electron chi connectivity index (χ4n) is 4.85. The van der Waals surface area contributed by atoms with Gasteiger partial charge in [-0.1, -0.05) is 29.8 Å². The fourth-order valence-corrected chi connectivity index (χ4v) is 5.45. The van der Waals surface area contributed by atoms with E-state index in [9.17, 15) is 9.59 Å². The molecule has 0 unspecified atom stereocenters. The second-order valence-corrected chi connectivity index (χ2v) is 9.82. The Bertz CT molecular complexity index is 1230. The highest BCUT2D eigenvalue weighted by atomic mass is 32.1. The molecule has 8 heteroatoms. The van der Waals surface area contributed by atoms with Crippen LogP contribution in [-0.4, -0.2) is 37.3 Å². The van der Waals surface area contributed by atoms with Crippen molar-refractivity contribution in [2.24, 2.45) is 5.41 Å². The molecule has 4 heterocycles. The monoisotopic (exact) mass is 423 g/mol. The minimum atomic E-state index is -0.559. The van der Waals surface area contributed by atoms with Gasteiger partial charge in [-0.2, -0.15) is 5.10 Å². The lowest BCUT2D eigenvalue weighted by molar-refractivity contribution is 0.246. The summed E-state index contributed by atoms with van der Waals surface area (Å²) in [6, 6.07) is 8.61. The maximum atomic E-state index is 12.8. The van der Waals surface area contributed by atoms with Gasteiger partial charge in [-0.15, -0.1) is 11.3 Å². The summed E-state index contributed by atoms with van der Waals surface area (Å²) in [6.07, 6.45) is 1.75. The number of thiazole rings is 1. The zero-order chi connectivity index (χ0) is 20.9. The van der Waals surface area contributed by atoms with Gasteiger partial charge in [0.15, 0.2) is 0 Å². The van der Waals surface area contributed by atoms with Crippen LogP contribution in [0.1, 0.15) is 34.1 Å². The number of likely N-dealkylation sites (tertiary alicyclic amines) is 1. The van der Waals surface area contributed by atoms with Crippen molar-refractivity contribution in [1.29, 1.82) is 0 Å².